The van der Waals surface area contributed by atoms with Gasteiger partial charge in [-0.25, -0.2) is 0 Å². The lowest BCUT2D eigenvalue weighted by atomic mass is 10.1. The molecule has 1 fully saturated rings. The lowest BCUT2D eigenvalue weighted by Crippen LogP contribution is -2.34. The fourth-order valence-corrected chi connectivity index (χ4v) is 2.86. The Kier molecular flexibility index (Phi) is 4.16. The van der Waals surface area contributed by atoms with Crippen molar-refractivity contribution < 1.29 is 0 Å². The van der Waals surface area contributed by atoms with Crippen LogP contribution in [0, 0.1) is 0 Å². The number of para-hydroxylation sites is 1. The standard InChI is InChI=1S/C14H21ClN2/c1-2-11-7-4-3-5-10-17(11)13-9-6-8-12(15)14(13)16/h6,8-9,11H,2-5,7,10,16H2,1H3. The highest BCUT2D eigenvalue weighted by molar-refractivity contribution is 6.33. The summed E-state index contributed by atoms with van der Waals surface area (Å²) >= 11 is 6.11. The molecular formula is C14H21ClN2. The molecule has 0 bridgehead atoms. The summed E-state index contributed by atoms with van der Waals surface area (Å²) < 4.78 is 0. The van der Waals surface area contributed by atoms with Gasteiger partial charge in [0.2, 0.25) is 0 Å². The Morgan fingerprint density at radius 3 is 2.94 bits per heavy atom. The summed E-state index contributed by atoms with van der Waals surface area (Å²) in [6, 6.07) is 6.55. The molecule has 1 unspecified atom stereocenters. The van der Waals surface area contributed by atoms with E-state index in [1.54, 1.807) is 0 Å². The van der Waals surface area contributed by atoms with Crippen molar-refractivity contribution in [3.05, 3.63) is 23.2 Å². The lowest BCUT2D eigenvalue weighted by molar-refractivity contribution is 0.557. The average Bonchev–Trinajstić information content (AvgIpc) is 2.57. The fraction of sp³-hybridized carbons (Fsp3) is 0.571. The predicted octanol–water partition coefficient (Wildman–Crippen LogP) is 4.08. The minimum absolute atomic E-state index is 0.610. The molecule has 1 atom stereocenters. The van der Waals surface area contributed by atoms with Crippen molar-refractivity contribution in [3.8, 4) is 0 Å². The van der Waals surface area contributed by atoms with Crippen LogP contribution in [-0.4, -0.2) is 12.6 Å². The van der Waals surface area contributed by atoms with Crippen molar-refractivity contribution in [2.45, 2.75) is 45.1 Å². The number of nitrogens with zero attached hydrogens (tertiary/aromatic N) is 1. The number of benzene rings is 1. The van der Waals surface area contributed by atoms with E-state index in [0.717, 1.165) is 17.9 Å². The first-order chi connectivity index (χ1) is 8.24. The summed E-state index contributed by atoms with van der Waals surface area (Å²) in [7, 11) is 0. The second-order valence-corrected chi connectivity index (χ2v) is 5.18. The third kappa shape index (κ3) is 2.68. The van der Waals surface area contributed by atoms with Gasteiger partial charge in [0, 0.05) is 12.6 Å². The van der Waals surface area contributed by atoms with E-state index in [1.165, 1.54) is 32.1 Å². The third-order valence-electron chi connectivity index (χ3n) is 3.69. The van der Waals surface area contributed by atoms with Gasteiger partial charge in [-0.3, -0.25) is 0 Å². The van der Waals surface area contributed by atoms with Crippen LogP contribution in [0.25, 0.3) is 0 Å². The van der Waals surface area contributed by atoms with Gasteiger partial charge in [-0.15, -0.1) is 0 Å². The lowest BCUT2D eigenvalue weighted by Gasteiger charge is -2.32. The van der Waals surface area contributed by atoms with E-state index in [2.05, 4.69) is 17.9 Å². The zero-order valence-electron chi connectivity index (χ0n) is 10.5. The SMILES string of the molecule is CCC1CCCCCN1c1cccc(Cl)c1N. The van der Waals surface area contributed by atoms with Crippen molar-refractivity contribution in [1.82, 2.24) is 0 Å². The molecule has 0 aliphatic carbocycles. The number of rotatable bonds is 2. The van der Waals surface area contributed by atoms with Gasteiger partial charge in [-0.1, -0.05) is 37.4 Å². The van der Waals surface area contributed by atoms with Crippen molar-refractivity contribution in [2.75, 3.05) is 17.2 Å². The Balaban J connectivity index is 2.31. The molecule has 1 aliphatic heterocycles. The number of halogens is 1. The van der Waals surface area contributed by atoms with Crippen molar-refractivity contribution in [1.29, 1.82) is 0 Å². The molecule has 2 nitrogen and oxygen atoms in total. The highest BCUT2D eigenvalue weighted by Crippen LogP contribution is 2.34. The first-order valence-electron chi connectivity index (χ1n) is 6.54. The highest BCUT2D eigenvalue weighted by atomic mass is 35.5. The molecule has 0 spiro atoms. The van der Waals surface area contributed by atoms with Gasteiger partial charge in [-0.05, 0) is 31.4 Å². The maximum Gasteiger partial charge on any atom is 0.0741 e. The molecule has 94 valence electrons. The highest BCUT2D eigenvalue weighted by Gasteiger charge is 2.21. The maximum absolute atomic E-state index is 6.11. The molecule has 1 saturated heterocycles. The third-order valence-corrected chi connectivity index (χ3v) is 4.02. The summed E-state index contributed by atoms with van der Waals surface area (Å²) in [6.07, 6.45) is 6.35. The van der Waals surface area contributed by atoms with Gasteiger partial charge in [0.1, 0.15) is 0 Å². The Morgan fingerprint density at radius 1 is 1.35 bits per heavy atom. The summed E-state index contributed by atoms with van der Waals surface area (Å²) in [4.78, 5) is 2.45. The molecule has 1 aromatic carbocycles. The van der Waals surface area contributed by atoms with E-state index >= 15 is 0 Å². The number of hydrogen-bond donors (Lipinski definition) is 1. The van der Waals surface area contributed by atoms with E-state index in [0.29, 0.717) is 11.1 Å². The normalized spacial score (nSPS) is 21.3. The molecule has 3 heteroatoms. The Bertz CT molecular complexity index is 378. The van der Waals surface area contributed by atoms with Crippen LogP contribution in [0.1, 0.15) is 39.0 Å². The molecule has 2 N–H and O–H groups in total. The van der Waals surface area contributed by atoms with Crippen LogP contribution in [0.15, 0.2) is 18.2 Å². The first kappa shape index (κ1) is 12.6. The van der Waals surface area contributed by atoms with Gasteiger partial charge >= 0.3 is 0 Å². The second kappa shape index (κ2) is 5.63. The van der Waals surface area contributed by atoms with Gasteiger partial charge in [-0.2, -0.15) is 0 Å². The molecule has 1 aliphatic rings. The maximum atomic E-state index is 6.11. The van der Waals surface area contributed by atoms with Gasteiger partial charge in [0.05, 0.1) is 16.4 Å². The van der Waals surface area contributed by atoms with Gasteiger partial charge in [0.15, 0.2) is 0 Å². The Morgan fingerprint density at radius 2 is 2.18 bits per heavy atom. The molecule has 0 aromatic heterocycles. The number of hydrogen-bond acceptors (Lipinski definition) is 2. The summed E-state index contributed by atoms with van der Waals surface area (Å²) in [5.41, 5.74) is 7.96. The molecule has 2 rings (SSSR count). The van der Waals surface area contributed by atoms with Crippen LogP contribution >= 0.6 is 11.6 Å². The van der Waals surface area contributed by atoms with E-state index in [4.69, 9.17) is 17.3 Å². The molecule has 1 aromatic rings. The number of anilines is 2. The van der Waals surface area contributed by atoms with Crippen molar-refractivity contribution >= 4 is 23.0 Å². The molecule has 0 radical (unpaired) electrons. The molecular weight excluding hydrogens is 232 g/mol. The van der Waals surface area contributed by atoms with Gasteiger partial charge in [0.25, 0.3) is 0 Å². The van der Waals surface area contributed by atoms with Gasteiger partial charge < -0.3 is 10.6 Å². The molecule has 17 heavy (non-hydrogen) atoms. The van der Waals surface area contributed by atoms with E-state index < -0.39 is 0 Å². The molecule has 0 saturated carbocycles. The Labute approximate surface area is 109 Å². The summed E-state index contributed by atoms with van der Waals surface area (Å²) in [5.74, 6) is 0. The first-order valence-corrected chi connectivity index (χ1v) is 6.92. The largest absolute Gasteiger partial charge is 0.396 e. The predicted molar refractivity (Wildman–Crippen MR) is 75.8 cm³/mol. The Hall–Kier alpha value is -0.890. The van der Waals surface area contributed by atoms with Crippen LogP contribution in [0.5, 0.6) is 0 Å². The van der Waals surface area contributed by atoms with E-state index in [-0.39, 0.29) is 0 Å². The zero-order valence-corrected chi connectivity index (χ0v) is 11.2. The number of nitrogen functional groups attached to an aromatic ring is 1. The number of nitrogens with two attached hydrogens (primary N) is 1. The van der Waals surface area contributed by atoms with Crippen molar-refractivity contribution in [2.24, 2.45) is 0 Å². The topological polar surface area (TPSA) is 29.3 Å². The molecule has 1 heterocycles. The zero-order chi connectivity index (χ0) is 12.3. The minimum Gasteiger partial charge on any atom is -0.396 e. The average molecular weight is 253 g/mol. The van der Waals surface area contributed by atoms with E-state index in [1.807, 2.05) is 12.1 Å². The minimum atomic E-state index is 0.610. The summed E-state index contributed by atoms with van der Waals surface area (Å²) in [6.45, 7) is 3.35. The van der Waals surface area contributed by atoms with Crippen LogP contribution in [0.3, 0.4) is 0 Å². The quantitative estimate of drug-likeness (QED) is 0.804. The van der Waals surface area contributed by atoms with Crippen LogP contribution < -0.4 is 10.6 Å². The van der Waals surface area contributed by atoms with Crippen LogP contribution in [0.2, 0.25) is 5.02 Å². The second-order valence-electron chi connectivity index (χ2n) is 4.78. The van der Waals surface area contributed by atoms with Crippen LogP contribution in [-0.2, 0) is 0 Å². The van der Waals surface area contributed by atoms with Crippen molar-refractivity contribution in [3.63, 3.8) is 0 Å². The van der Waals surface area contributed by atoms with Crippen LogP contribution in [0.4, 0.5) is 11.4 Å². The molecule has 0 amide bonds. The fourth-order valence-electron chi connectivity index (χ4n) is 2.70. The monoisotopic (exact) mass is 252 g/mol. The summed E-state index contributed by atoms with van der Waals surface area (Å²) in [5, 5.41) is 0.668. The van der Waals surface area contributed by atoms with E-state index in [9.17, 15) is 0 Å². The smallest absolute Gasteiger partial charge is 0.0741 e.